The van der Waals surface area contributed by atoms with Gasteiger partial charge in [-0.15, -0.1) is 22.7 Å². The fraction of sp³-hybridized carbons (Fsp3) is 0. The van der Waals surface area contributed by atoms with E-state index in [1.54, 1.807) is 22.7 Å². The quantitative estimate of drug-likeness (QED) is 0.242. The smallest absolute Gasteiger partial charge is 0.284 e. The molecule has 0 aliphatic carbocycles. The van der Waals surface area contributed by atoms with Crippen LogP contribution in [0.4, 0.5) is 0 Å². The molecule has 4 aromatic heterocycles. The second-order valence-electron chi connectivity index (χ2n) is 8.64. The molecule has 0 aliphatic rings. The molecule has 0 saturated carbocycles. The first-order chi connectivity index (χ1) is 17.8. The third-order valence-corrected chi connectivity index (χ3v) is 8.68. The Labute approximate surface area is 213 Å². The number of rotatable bonds is 3. The number of hydrogen-bond acceptors (Lipinski definition) is 6. The van der Waals surface area contributed by atoms with Gasteiger partial charge in [0, 0.05) is 30.3 Å². The van der Waals surface area contributed by atoms with Crippen LogP contribution in [0.15, 0.2) is 106 Å². The van der Waals surface area contributed by atoms with Gasteiger partial charge in [-0.1, -0.05) is 48.5 Å². The number of benzene rings is 4. The number of para-hydroxylation sites is 2. The van der Waals surface area contributed by atoms with Gasteiger partial charge in [0.2, 0.25) is 0 Å². The summed E-state index contributed by atoms with van der Waals surface area (Å²) in [7, 11) is 0. The molecule has 0 unspecified atom stereocenters. The third kappa shape index (κ3) is 3.05. The first-order valence-corrected chi connectivity index (χ1v) is 13.2. The van der Waals surface area contributed by atoms with Crippen molar-refractivity contribution >= 4 is 65.0 Å². The van der Waals surface area contributed by atoms with E-state index >= 15 is 0 Å². The van der Waals surface area contributed by atoms with Crippen LogP contribution < -0.4 is 0 Å². The van der Waals surface area contributed by atoms with Gasteiger partial charge in [-0.05, 0) is 59.3 Å². The van der Waals surface area contributed by atoms with Crippen LogP contribution in [0.3, 0.4) is 0 Å². The Balaban J connectivity index is 1.41. The molecule has 0 fully saturated rings. The predicted molar refractivity (Wildman–Crippen MR) is 149 cm³/mol. The Hall–Kier alpha value is -4.26. The van der Waals surface area contributed by atoms with Crippen molar-refractivity contribution in [3.8, 4) is 32.7 Å². The molecule has 170 valence electrons. The normalized spacial score (nSPS) is 11.9. The Morgan fingerprint density at radius 3 is 1.97 bits per heavy atom. The van der Waals surface area contributed by atoms with Crippen molar-refractivity contribution in [2.24, 2.45) is 0 Å². The molecule has 8 aromatic rings. The fourth-order valence-corrected chi connectivity index (χ4v) is 6.94. The van der Waals surface area contributed by atoms with Gasteiger partial charge in [-0.3, -0.25) is 0 Å². The Morgan fingerprint density at radius 2 is 1.19 bits per heavy atom. The van der Waals surface area contributed by atoms with Gasteiger partial charge in [0.05, 0.1) is 0 Å². The molecular weight excluding hydrogens is 484 g/mol. The molecule has 4 nitrogen and oxygen atoms in total. The number of nitrogens with zero attached hydrogens (tertiary/aromatic N) is 2. The molecule has 4 heterocycles. The van der Waals surface area contributed by atoms with Crippen LogP contribution in [0.1, 0.15) is 0 Å². The molecule has 6 heteroatoms. The van der Waals surface area contributed by atoms with E-state index in [9.17, 15) is 0 Å². The maximum Gasteiger partial charge on any atom is 0.284 e. The van der Waals surface area contributed by atoms with E-state index in [4.69, 9.17) is 13.8 Å². The second-order valence-corrected chi connectivity index (χ2v) is 10.8. The van der Waals surface area contributed by atoms with Gasteiger partial charge in [0.1, 0.15) is 11.0 Å². The summed E-state index contributed by atoms with van der Waals surface area (Å²) in [6, 6.07) is 33.3. The number of fused-ring (bicyclic) bond motifs is 4. The van der Waals surface area contributed by atoms with Crippen LogP contribution in [-0.4, -0.2) is 9.97 Å². The predicted octanol–water partition coefficient (Wildman–Crippen LogP) is 9.40. The van der Waals surface area contributed by atoms with E-state index < -0.39 is 0 Å². The van der Waals surface area contributed by atoms with Gasteiger partial charge in [-0.2, -0.15) is 0 Å². The lowest BCUT2D eigenvalue weighted by Gasteiger charge is -2.06. The number of thiophene rings is 2. The Morgan fingerprint density at radius 1 is 0.556 bits per heavy atom. The molecular formula is C30H16N2O2S2. The zero-order valence-corrected chi connectivity index (χ0v) is 20.4. The zero-order chi connectivity index (χ0) is 23.6. The van der Waals surface area contributed by atoms with Crippen LogP contribution in [-0.2, 0) is 0 Å². The van der Waals surface area contributed by atoms with Crippen molar-refractivity contribution in [3.63, 3.8) is 0 Å². The van der Waals surface area contributed by atoms with Crippen molar-refractivity contribution in [3.05, 3.63) is 97.1 Å². The van der Waals surface area contributed by atoms with E-state index in [1.165, 1.54) is 25.0 Å². The van der Waals surface area contributed by atoms with Gasteiger partial charge in [-0.25, -0.2) is 9.97 Å². The molecule has 0 aliphatic heterocycles. The molecule has 4 aromatic carbocycles. The van der Waals surface area contributed by atoms with Crippen molar-refractivity contribution in [2.45, 2.75) is 0 Å². The third-order valence-electron chi connectivity index (χ3n) is 6.40. The van der Waals surface area contributed by atoms with Crippen molar-refractivity contribution in [1.29, 1.82) is 0 Å². The molecule has 8 rings (SSSR count). The summed E-state index contributed by atoms with van der Waals surface area (Å²) in [5, 5.41) is 2.46. The van der Waals surface area contributed by atoms with Crippen LogP contribution >= 0.6 is 22.7 Å². The monoisotopic (exact) mass is 500 g/mol. The van der Waals surface area contributed by atoms with Crippen LogP contribution in [0.5, 0.6) is 0 Å². The highest BCUT2D eigenvalue weighted by Gasteiger charge is 2.22. The Bertz CT molecular complexity index is 1980. The molecule has 0 radical (unpaired) electrons. The van der Waals surface area contributed by atoms with Crippen LogP contribution in [0.2, 0.25) is 0 Å². The van der Waals surface area contributed by atoms with E-state index in [2.05, 4.69) is 71.7 Å². The minimum absolute atomic E-state index is 0.386. The number of aromatic nitrogens is 2. The van der Waals surface area contributed by atoms with Gasteiger partial charge < -0.3 is 8.83 Å². The lowest BCUT2D eigenvalue weighted by molar-refractivity contribution is 0.550. The average Bonchev–Trinajstić information content (AvgIpc) is 3.69. The number of hydrogen-bond donors (Lipinski definition) is 0. The van der Waals surface area contributed by atoms with Crippen LogP contribution in [0.25, 0.3) is 75.0 Å². The lowest BCUT2D eigenvalue weighted by atomic mass is 10.0. The summed E-state index contributed by atoms with van der Waals surface area (Å²) in [5.41, 5.74) is 5.24. The Kier molecular flexibility index (Phi) is 4.23. The first kappa shape index (κ1) is 20.0. The summed E-state index contributed by atoms with van der Waals surface area (Å²) in [4.78, 5) is 11.9. The largest absolute Gasteiger partial charge is 0.432 e. The van der Waals surface area contributed by atoms with E-state index in [0.29, 0.717) is 22.9 Å². The van der Waals surface area contributed by atoms with Crippen molar-refractivity contribution < 1.29 is 8.83 Å². The van der Waals surface area contributed by atoms with Gasteiger partial charge in [0.25, 0.3) is 11.8 Å². The molecule has 0 atom stereocenters. The molecule has 0 saturated heterocycles. The summed E-state index contributed by atoms with van der Waals surface area (Å²) < 4.78 is 14.7. The van der Waals surface area contributed by atoms with Crippen molar-refractivity contribution in [2.75, 3.05) is 0 Å². The highest BCUT2D eigenvalue weighted by Crippen LogP contribution is 2.46. The van der Waals surface area contributed by atoms with Crippen LogP contribution in [0, 0.1) is 0 Å². The SMILES string of the molecule is c1ccc2sc(-c3ccc4oc(-c5nc6ccccc6o5)nc4c3-c3cc4ccccc4s3)cc2c1. The minimum atomic E-state index is 0.386. The van der Waals surface area contributed by atoms with Gasteiger partial charge in [0.15, 0.2) is 11.2 Å². The molecule has 0 amide bonds. The fourth-order valence-electron chi connectivity index (χ4n) is 4.72. The van der Waals surface area contributed by atoms with Gasteiger partial charge >= 0.3 is 0 Å². The zero-order valence-electron chi connectivity index (χ0n) is 18.8. The standard InChI is InChI=1S/C30H16N2O2S2/c1-5-11-23-17(7-1)15-25(35-23)19-13-14-22-28(27(19)26-16-18-8-2-6-12-24(18)36-26)32-30(34-22)29-31-20-9-3-4-10-21(20)33-29/h1-16H. The molecule has 0 spiro atoms. The summed E-state index contributed by atoms with van der Waals surface area (Å²) in [6.07, 6.45) is 0. The first-order valence-electron chi connectivity index (χ1n) is 11.6. The summed E-state index contributed by atoms with van der Waals surface area (Å²) in [5.74, 6) is 0.773. The summed E-state index contributed by atoms with van der Waals surface area (Å²) >= 11 is 3.57. The number of oxazole rings is 2. The van der Waals surface area contributed by atoms with E-state index in [-0.39, 0.29) is 0 Å². The molecule has 0 bridgehead atoms. The maximum atomic E-state index is 6.21. The second kappa shape index (κ2) is 7.62. The van der Waals surface area contributed by atoms with E-state index in [0.717, 1.165) is 27.0 Å². The molecule has 36 heavy (non-hydrogen) atoms. The van der Waals surface area contributed by atoms with Crippen molar-refractivity contribution in [1.82, 2.24) is 9.97 Å². The van der Waals surface area contributed by atoms with E-state index in [1.807, 2.05) is 30.3 Å². The molecule has 0 N–H and O–H groups in total. The minimum Gasteiger partial charge on any atom is -0.432 e. The highest BCUT2D eigenvalue weighted by molar-refractivity contribution is 7.23. The average molecular weight is 501 g/mol. The highest BCUT2D eigenvalue weighted by atomic mass is 32.1. The summed E-state index contributed by atoms with van der Waals surface area (Å²) in [6.45, 7) is 0. The lowest BCUT2D eigenvalue weighted by Crippen LogP contribution is -1.84. The maximum absolute atomic E-state index is 6.21. The topological polar surface area (TPSA) is 52.1 Å².